The van der Waals surface area contributed by atoms with E-state index in [1.165, 1.54) is 0 Å². The SMILES string of the molecule is O=C(CNc1ccccc1-n1cccn1)Nc1ccccc1Br. The van der Waals surface area contributed by atoms with Crippen LogP contribution < -0.4 is 10.6 Å². The first-order valence-electron chi connectivity index (χ1n) is 7.11. The van der Waals surface area contributed by atoms with E-state index in [1.54, 1.807) is 10.9 Å². The van der Waals surface area contributed by atoms with E-state index in [-0.39, 0.29) is 12.5 Å². The smallest absolute Gasteiger partial charge is 0.243 e. The van der Waals surface area contributed by atoms with Gasteiger partial charge in [0, 0.05) is 16.9 Å². The Morgan fingerprint density at radius 1 is 1.04 bits per heavy atom. The standard InChI is InChI=1S/C17H15BrN4O/c18-13-6-1-2-7-14(13)21-17(23)12-19-15-8-3-4-9-16(15)22-11-5-10-20-22/h1-11,19H,12H2,(H,21,23). The number of hydrogen-bond donors (Lipinski definition) is 2. The number of aromatic nitrogens is 2. The van der Waals surface area contributed by atoms with E-state index in [4.69, 9.17) is 0 Å². The molecule has 2 N–H and O–H groups in total. The lowest BCUT2D eigenvalue weighted by atomic mass is 10.2. The largest absolute Gasteiger partial charge is 0.374 e. The molecule has 0 aliphatic heterocycles. The molecule has 1 aromatic heterocycles. The molecule has 0 aliphatic carbocycles. The lowest BCUT2D eigenvalue weighted by Crippen LogP contribution is -2.22. The molecule has 0 spiro atoms. The van der Waals surface area contributed by atoms with Crippen molar-refractivity contribution in [1.82, 2.24) is 9.78 Å². The quantitative estimate of drug-likeness (QED) is 0.719. The van der Waals surface area contributed by atoms with Gasteiger partial charge in [-0.25, -0.2) is 4.68 Å². The number of carbonyl (C=O) groups is 1. The van der Waals surface area contributed by atoms with Crippen molar-refractivity contribution in [3.8, 4) is 5.69 Å². The third-order valence-electron chi connectivity index (χ3n) is 3.24. The molecule has 6 heteroatoms. The minimum Gasteiger partial charge on any atom is -0.374 e. The third kappa shape index (κ3) is 3.78. The lowest BCUT2D eigenvalue weighted by molar-refractivity contribution is -0.114. The van der Waals surface area contributed by atoms with Crippen LogP contribution in [0.5, 0.6) is 0 Å². The van der Waals surface area contributed by atoms with Crippen molar-refractivity contribution in [3.63, 3.8) is 0 Å². The van der Waals surface area contributed by atoms with E-state index in [0.717, 1.165) is 21.5 Å². The Bertz CT molecular complexity index is 802. The van der Waals surface area contributed by atoms with Crippen LogP contribution in [0.3, 0.4) is 0 Å². The molecule has 0 aliphatic rings. The Balaban J connectivity index is 1.67. The monoisotopic (exact) mass is 370 g/mol. The zero-order valence-corrected chi connectivity index (χ0v) is 13.8. The summed E-state index contributed by atoms with van der Waals surface area (Å²) in [5, 5.41) is 10.2. The maximum atomic E-state index is 12.1. The van der Waals surface area contributed by atoms with Crippen molar-refractivity contribution in [2.45, 2.75) is 0 Å². The number of anilines is 2. The maximum Gasteiger partial charge on any atom is 0.243 e. The van der Waals surface area contributed by atoms with Crippen molar-refractivity contribution >= 4 is 33.2 Å². The molecular weight excluding hydrogens is 356 g/mol. The van der Waals surface area contributed by atoms with Gasteiger partial charge in [-0.1, -0.05) is 24.3 Å². The fourth-order valence-electron chi connectivity index (χ4n) is 2.17. The van der Waals surface area contributed by atoms with E-state index < -0.39 is 0 Å². The Morgan fingerprint density at radius 2 is 1.78 bits per heavy atom. The zero-order chi connectivity index (χ0) is 16.1. The minimum atomic E-state index is -0.118. The Hall–Kier alpha value is -2.60. The van der Waals surface area contributed by atoms with Crippen LogP contribution in [-0.4, -0.2) is 22.2 Å². The van der Waals surface area contributed by atoms with Gasteiger partial charge >= 0.3 is 0 Å². The van der Waals surface area contributed by atoms with E-state index in [1.807, 2.05) is 60.8 Å². The van der Waals surface area contributed by atoms with E-state index >= 15 is 0 Å². The predicted octanol–water partition coefficient (Wildman–Crippen LogP) is 3.69. The van der Waals surface area contributed by atoms with Gasteiger partial charge in [0.25, 0.3) is 0 Å². The van der Waals surface area contributed by atoms with Crippen LogP contribution in [-0.2, 0) is 4.79 Å². The molecule has 0 saturated heterocycles. The number of carbonyl (C=O) groups excluding carboxylic acids is 1. The number of hydrogen-bond acceptors (Lipinski definition) is 3. The summed E-state index contributed by atoms with van der Waals surface area (Å²) >= 11 is 3.41. The van der Waals surface area contributed by atoms with Gasteiger partial charge in [0.15, 0.2) is 0 Å². The van der Waals surface area contributed by atoms with E-state index in [2.05, 4.69) is 31.7 Å². The number of nitrogens with one attached hydrogen (secondary N) is 2. The lowest BCUT2D eigenvalue weighted by Gasteiger charge is -2.12. The van der Waals surface area contributed by atoms with Gasteiger partial charge in [-0.15, -0.1) is 0 Å². The molecule has 2 aromatic carbocycles. The summed E-state index contributed by atoms with van der Waals surface area (Å²) in [6, 6.07) is 17.1. The normalized spacial score (nSPS) is 10.3. The molecule has 1 heterocycles. The average molecular weight is 371 g/mol. The van der Waals surface area contributed by atoms with Gasteiger partial charge in [0.1, 0.15) is 0 Å². The molecule has 3 aromatic rings. The number of amides is 1. The molecule has 0 atom stereocenters. The van der Waals surface area contributed by atoms with E-state index in [9.17, 15) is 4.79 Å². The van der Waals surface area contributed by atoms with Crippen LogP contribution >= 0.6 is 15.9 Å². The number of nitrogens with zero attached hydrogens (tertiary/aromatic N) is 2. The molecule has 1 amide bonds. The summed E-state index contributed by atoms with van der Waals surface area (Å²) in [4.78, 5) is 12.1. The summed E-state index contributed by atoms with van der Waals surface area (Å²) in [5.41, 5.74) is 2.49. The van der Waals surface area contributed by atoms with Gasteiger partial charge in [0.05, 0.1) is 23.6 Å². The summed E-state index contributed by atoms with van der Waals surface area (Å²) in [6.07, 6.45) is 3.58. The first-order valence-corrected chi connectivity index (χ1v) is 7.90. The molecule has 0 radical (unpaired) electrons. The fraction of sp³-hybridized carbons (Fsp3) is 0.0588. The number of para-hydroxylation sites is 3. The van der Waals surface area contributed by atoms with Crippen LogP contribution in [0.1, 0.15) is 0 Å². The van der Waals surface area contributed by atoms with Gasteiger partial charge in [-0.2, -0.15) is 5.10 Å². The summed E-state index contributed by atoms with van der Waals surface area (Å²) in [6.45, 7) is 0.166. The van der Waals surface area contributed by atoms with Crippen molar-refractivity contribution < 1.29 is 4.79 Å². The second kappa shape index (κ2) is 7.11. The highest BCUT2D eigenvalue weighted by Crippen LogP contribution is 2.21. The Morgan fingerprint density at radius 3 is 2.52 bits per heavy atom. The molecule has 23 heavy (non-hydrogen) atoms. The first kappa shape index (κ1) is 15.3. The maximum absolute atomic E-state index is 12.1. The van der Waals surface area contributed by atoms with E-state index in [0.29, 0.717) is 0 Å². The van der Waals surface area contributed by atoms with Gasteiger partial charge in [-0.05, 0) is 46.3 Å². The van der Waals surface area contributed by atoms with Crippen LogP contribution in [0, 0.1) is 0 Å². The summed E-state index contributed by atoms with van der Waals surface area (Å²) in [7, 11) is 0. The molecular formula is C17H15BrN4O. The van der Waals surface area contributed by atoms with Crippen LogP contribution in [0.15, 0.2) is 71.5 Å². The molecule has 3 rings (SSSR count). The number of halogens is 1. The number of benzene rings is 2. The fourth-order valence-corrected chi connectivity index (χ4v) is 2.55. The van der Waals surface area contributed by atoms with Crippen molar-refractivity contribution in [1.29, 1.82) is 0 Å². The molecule has 0 saturated carbocycles. The van der Waals surface area contributed by atoms with Crippen molar-refractivity contribution in [2.24, 2.45) is 0 Å². The molecule has 116 valence electrons. The second-order valence-corrected chi connectivity index (χ2v) is 5.70. The van der Waals surface area contributed by atoms with Crippen molar-refractivity contribution in [2.75, 3.05) is 17.2 Å². The average Bonchev–Trinajstić information content (AvgIpc) is 3.10. The van der Waals surface area contributed by atoms with Gasteiger partial charge in [-0.3, -0.25) is 4.79 Å². The molecule has 0 unspecified atom stereocenters. The van der Waals surface area contributed by atoms with Gasteiger partial charge in [0.2, 0.25) is 5.91 Å². The van der Waals surface area contributed by atoms with Crippen molar-refractivity contribution in [3.05, 3.63) is 71.5 Å². The van der Waals surface area contributed by atoms with Crippen LogP contribution in [0.2, 0.25) is 0 Å². The summed E-state index contributed by atoms with van der Waals surface area (Å²) in [5.74, 6) is -0.118. The first-order chi connectivity index (χ1) is 11.2. The molecule has 0 bridgehead atoms. The molecule has 5 nitrogen and oxygen atoms in total. The second-order valence-electron chi connectivity index (χ2n) is 4.85. The Labute approximate surface area is 142 Å². The number of rotatable bonds is 5. The van der Waals surface area contributed by atoms with Gasteiger partial charge < -0.3 is 10.6 Å². The zero-order valence-electron chi connectivity index (χ0n) is 12.2. The van der Waals surface area contributed by atoms with Crippen LogP contribution in [0.4, 0.5) is 11.4 Å². The third-order valence-corrected chi connectivity index (χ3v) is 3.93. The summed E-state index contributed by atoms with van der Waals surface area (Å²) < 4.78 is 2.61. The highest BCUT2D eigenvalue weighted by molar-refractivity contribution is 9.10. The Kier molecular flexibility index (Phi) is 4.73. The topological polar surface area (TPSA) is 59.0 Å². The van der Waals surface area contributed by atoms with Crippen LogP contribution in [0.25, 0.3) is 5.69 Å². The highest BCUT2D eigenvalue weighted by atomic mass is 79.9. The predicted molar refractivity (Wildman–Crippen MR) is 94.8 cm³/mol. The molecule has 0 fully saturated rings. The highest BCUT2D eigenvalue weighted by Gasteiger charge is 2.08. The minimum absolute atomic E-state index is 0.118.